The minimum Gasteiger partial charge on any atom is -0.488 e. The van der Waals surface area contributed by atoms with E-state index in [1.165, 1.54) is 37.8 Å². The molecule has 1 atom stereocenters. The summed E-state index contributed by atoms with van der Waals surface area (Å²) in [5.74, 6) is 0.707. The van der Waals surface area contributed by atoms with E-state index in [0.29, 0.717) is 24.2 Å². The predicted octanol–water partition coefficient (Wildman–Crippen LogP) is 5.37. The van der Waals surface area contributed by atoms with Gasteiger partial charge in [0.1, 0.15) is 19.0 Å². The van der Waals surface area contributed by atoms with Crippen LogP contribution < -0.4 is 15.4 Å². The van der Waals surface area contributed by atoms with E-state index in [1.807, 2.05) is 36.4 Å². The molecule has 0 amide bonds. The Labute approximate surface area is 219 Å². The average Bonchev–Trinajstić information content (AvgIpc) is 3.60. The Kier molecular flexibility index (Phi) is 7.77. The van der Waals surface area contributed by atoms with Crippen LogP contribution in [0.3, 0.4) is 0 Å². The largest absolute Gasteiger partial charge is 0.488 e. The molecular formula is C31H36N2O4. The van der Waals surface area contributed by atoms with Gasteiger partial charge in [-0.2, -0.15) is 0 Å². The molecule has 5 rings (SSSR count). The van der Waals surface area contributed by atoms with Crippen molar-refractivity contribution in [1.29, 1.82) is 0 Å². The third-order valence-electron chi connectivity index (χ3n) is 7.96. The van der Waals surface area contributed by atoms with Crippen molar-refractivity contribution >= 4 is 12.2 Å². The van der Waals surface area contributed by atoms with Gasteiger partial charge in [-0.05, 0) is 77.3 Å². The number of para-hydroxylation sites is 1. The summed E-state index contributed by atoms with van der Waals surface area (Å²) in [6, 6.07) is 22.0. The van der Waals surface area contributed by atoms with Gasteiger partial charge in [-0.3, -0.25) is 4.79 Å². The second-order valence-electron chi connectivity index (χ2n) is 10.5. The van der Waals surface area contributed by atoms with Gasteiger partial charge < -0.3 is 25.2 Å². The summed E-state index contributed by atoms with van der Waals surface area (Å²) in [6.07, 6.45) is 6.62. The Morgan fingerprint density at radius 2 is 1.81 bits per heavy atom. The number of aliphatic hydroxyl groups is 1. The highest BCUT2D eigenvalue weighted by atomic mass is 16.5. The number of aliphatic hydroxyl groups excluding tert-OH is 1. The van der Waals surface area contributed by atoms with Gasteiger partial charge in [0.05, 0.1) is 12.6 Å². The van der Waals surface area contributed by atoms with Crippen LogP contribution in [-0.4, -0.2) is 31.3 Å². The molecule has 194 valence electrons. The van der Waals surface area contributed by atoms with E-state index in [1.54, 1.807) is 0 Å². The van der Waals surface area contributed by atoms with Gasteiger partial charge in [0.25, 0.3) is 6.47 Å². The monoisotopic (exact) mass is 500 g/mol. The zero-order valence-electron chi connectivity index (χ0n) is 21.3. The Hall–Kier alpha value is -3.35. The van der Waals surface area contributed by atoms with Gasteiger partial charge in [-0.15, -0.1) is 0 Å². The summed E-state index contributed by atoms with van der Waals surface area (Å²) in [7, 11) is 0. The van der Waals surface area contributed by atoms with Gasteiger partial charge in [-0.1, -0.05) is 49.2 Å². The van der Waals surface area contributed by atoms with E-state index < -0.39 is 6.04 Å². The molecule has 1 aliphatic heterocycles. The predicted molar refractivity (Wildman–Crippen MR) is 145 cm³/mol. The van der Waals surface area contributed by atoms with E-state index in [9.17, 15) is 9.90 Å². The fourth-order valence-corrected chi connectivity index (χ4v) is 5.90. The van der Waals surface area contributed by atoms with Crippen molar-refractivity contribution in [3.05, 3.63) is 83.4 Å². The summed E-state index contributed by atoms with van der Waals surface area (Å²) in [4.78, 5) is 13.2. The van der Waals surface area contributed by atoms with Crippen molar-refractivity contribution in [2.24, 2.45) is 11.1 Å². The first kappa shape index (κ1) is 25.3. The number of carbonyl (C=O) groups is 1. The van der Waals surface area contributed by atoms with E-state index in [-0.39, 0.29) is 13.2 Å². The summed E-state index contributed by atoms with van der Waals surface area (Å²) in [5, 5.41) is 9.56. The molecule has 0 aromatic heterocycles. The summed E-state index contributed by atoms with van der Waals surface area (Å²) < 4.78 is 11.2. The van der Waals surface area contributed by atoms with Gasteiger partial charge in [0, 0.05) is 24.3 Å². The lowest BCUT2D eigenvalue weighted by Crippen LogP contribution is -2.25. The molecule has 3 N–H and O–H groups in total. The number of ether oxygens (including phenoxy) is 2. The molecule has 0 bridgehead atoms. The van der Waals surface area contributed by atoms with Gasteiger partial charge in [0.2, 0.25) is 0 Å². The molecule has 6 nitrogen and oxygen atoms in total. The molecule has 1 heterocycles. The highest BCUT2D eigenvalue weighted by Crippen LogP contribution is 2.46. The smallest absolute Gasteiger partial charge is 0.293 e. The van der Waals surface area contributed by atoms with Crippen LogP contribution in [0.15, 0.2) is 66.7 Å². The summed E-state index contributed by atoms with van der Waals surface area (Å²) in [5.41, 5.74) is 12.8. The highest BCUT2D eigenvalue weighted by molar-refractivity contribution is 5.71. The second kappa shape index (κ2) is 11.4. The molecular weight excluding hydrogens is 464 g/mol. The lowest BCUT2D eigenvalue weighted by Gasteiger charge is -2.25. The van der Waals surface area contributed by atoms with E-state index >= 15 is 0 Å². The molecule has 2 fully saturated rings. The maximum absolute atomic E-state index is 10.7. The van der Waals surface area contributed by atoms with E-state index in [2.05, 4.69) is 35.2 Å². The maximum Gasteiger partial charge on any atom is 0.293 e. The SMILES string of the molecule is N[C@@H](CO)c1cccc(-c2cc(COc3ccccc3COC=O)cc(N3CCC4(CCCC4)C3)c2)c1. The molecule has 3 aromatic rings. The second-order valence-corrected chi connectivity index (χ2v) is 10.5. The number of benzene rings is 3. The molecule has 1 spiro atoms. The van der Waals surface area contributed by atoms with Crippen molar-refractivity contribution in [1.82, 2.24) is 0 Å². The summed E-state index contributed by atoms with van der Waals surface area (Å²) >= 11 is 0. The number of rotatable bonds is 10. The molecule has 37 heavy (non-hydrogen) atoms. The Balaban J connectivity index is 1.45. The Bertz CT molecular complexity index is 1220. The molecule has 1 saturated carbocycles. The lowest BCUT2D eigenvalue weighted by molar-refractivity contribution is -0.129. The van der Waals surface area contributed by atoms with Crippen LogP contribution in [0.2, 0.25) is 0 Å². The van der Waals surface area contributed by atoms with Crippen LogP contribution in [0, 0.1) is 5.41 Å². The van der Waals surface area contributed by atoms with Crippen LogP contribution in [0.5, 0.6) is 5.75 Å². The first-order valence-electron chi connectivity index (χ1n) is 13.2. The van der Waals surface area contributed by atoms with Crippen LogP contribution in [0.4, 0.5) is 5.69 Å². The maximum atomic E-state index is 10.7. The number of nitrogens with two attached hydrogens (primary N) is 1. The minimum atomic E-state index is -0.406. The lowest BCUT2D eigenvalue weighted by atomic mass is 9.86. The highest BCUT2D eigenvalue weighted by Gasteiger charge is 2.40. The van der Waals surface area contributed by atoms with Gasteiger partial charge in [-0.25, -0.2) is 0 Å². The number of carbonyl (C=O) groups excluding carboxylic acids is 1. The van der Waals surface area contributed by atoms with Crippen LogP contribution in [0.25, 0.3) is 11.1 Å². The number of nitrogens with zero attached hydrogens (tertiary/aromatic N) is 1. The Morgan fingerprint density at radius 1 is 0.973 bits per heavy atom. The van der Waals surface area contributed by atoms with Crippen LogP contribution in [0.1, 0.15) is 54.8 Å². The Morgan fingerprint density at radius 3 is 2.62 bits per heavy atom. The normalized spacial score (nSPS) is 17.2. The minimum absolute atomic E-state index is 0.0916. The van der Waals surface area contributed by atoms with E-state index in [4.69, 9.17) is 15.2 Å². The van der Waals surface area contributed by atoms with Crippen molar-refractivity contribution in [3.63, 3.8) is 0 Å². The molecule has 6 heteroatoms. The zero-order chi connectivity index (χ0) is 25.7. The fourth-order valence-electron chi connectivity index (χ4n) is 5.90. The standard InChI is InChI=1S/C31H36N2O4/c32-29(18-34)25-8-5-7-24(16-25)27-14-23(19-37-30-9-2-1-6-26(30)20-36-22-35)15-28(17-27)33-13-12-31(21-33)10-3-4-11-31/h1-2,5-9,14-17,22,29,34H,3-4,10-13,18-21,32H2/t29-/m0/s1. The van der Waals surface area contributed by atoms with Gasteiger partial charge >= 0.3 is 0 Å². The van der Waals surface area contributed by atoms with Crippen molar-refractivity contribution in [2.45, 2.75) is 51.4 Å². The number of hydrogen-bond acceptors (Lipinski definition) is 6. The zero-order valence-corrected chi connectivity index (χ0v) is 21.3. The molecule has 2 aliphatic rings. The molecule has 1 saturated heterocycles. The molecule has 0 radical (unpaired) electrons. The van der Waals surface area contributed by atoms with Crippen molar-refractivity contribution in [2.75, 3.05) is 24.6 Å². The number of hydrogen-bond donors (Lipinski definition) is 2. The van der Waals surface area contributed by atoms with Crippen LogP contribution in [-0.2, 0) is 22.7 Å². The van der Waals surface area contributed by atoms with Crippen molar-refractivity contribution < 1.29 is 19.4 Å². The fraction of sp³-hybridized carbons (Fsp3) is 0.387. The molecule has 1 aliphatic carbocycles. The first-order chi connectivity index (χ1) is 18.1. The van der Waals surface area contributed by atoms with Gasteiger partial charge in [0.15, 0.2) is 0 Å². The van der Waals surface area contributed by atoms with E-state index in [0.717, 1.165) is 40.9 Å². The quantitative estimate of drug-likeness (QED) is 0.364. The number of anilines is 1. The van der Waals surface area contributed by atoms with Crippen LogP contribution >= 0.6 is 0 Å². The first-order valence-corrected chi connectivity index (χ1v) is 13.2. The average molecular weight is 501 g/mol. The summed E-state index contributed by atoms with van der Waals surface area (Å²) in [6.45, 7) is 3.12. The molecule has 3 aromatic carbocycles. The topological polar surface area (TPSA) is 85.0 Å². The third kappa shape index (κ3) is 5.81. The third-order valence-corrected chi connectivity index (χ3v) is 7.96. The van der Waals surface area contributed by atoms with Crippen molar-refractivity contribution in [3.8, 4) is 16.9 Å². The molecule has 0 unspecified atom stereocenters.